The first-order valence-electron chi connectivity index (χ1n) is 7.80. The molecule has 2 N–H and O–H groups in total. The Morgan fingerprint density at radius 3 is 2.59 bits per heavy atom. The normalized spacial score (nSPS) is 23.3. The van der Waals surface area contributed by atoms with Gasteiger partial charge in [-0.2, -0.15) is 13.2 Å². The van der Waals surface area contributed by atoms with Crippen molar-refractivity contribution in [1.82, 2.24) is 15.5 Å². The molecule has 0 spiro atoms. The number of hydrogen-bond donors (Lipinski definition) is 2. The first-order valence-corrected chi connectivity index (χ1v) is 7.80. The van der Waals surface area contributed by atoms with Crippen LogP contribution in [0.3, 0.4) is 0 Å². The average molecular weight is 434 g/mol. The van der Waals surface area contributed by atoms with E-state index in [2.05, 4.69) is 22.5 Å². The van der Waals surface area contributed by atoms with Gasteiger partial charge in [0.25, 0.3) is 0 Å². The highest BCUT2D eigenvalue weighted by Crippen LogP contribution is 2.23. The Balaban J connectivity index is 0.00000242. The first-order chi connectivity index (χ1) is 9.96. The highest BCUT2D eigenvalue weighted by Gasteiger charge is 2.34. The minimum Gasteiger partial charge on any atom is -0.356 e. The summed E-state index contributed by atoms with van der Waals surface area (Å²) >= 11 is 0. The van der Waals surface area contributed by atoms with E-state index in [1.54, 1.807) is 0 Å². The van der Waals surface area contributed by atoms with E-state index in [0.717, 1.165) is 25.3 Å². The number of likely N-dealkylation sites (tertiary alicyclic amines) is 1. The lowest BCUT2D eigenvalue weighted by Gasteiger charge is -2.17. The summed E-state index contributed by atoms with van der Waals surface area (Å²) in [6, 6.07) is 0.526. The molecule has 2 aliphatic rings. The molecule has 22 heavy (non-hydrogen) atoms. The molecular formula is C14H26F3IN4. The third kappa shape index (κ3) is 7.85. The quantitative estimate of drug-likeness (QED) is 0.384. The number of nitrogens with zero attached hydrogens (tertiary/aromatic N) is 2. The summed E-state index contributed by atoms with van der Waals surface area (Å²) in [5.74, 6) is 1.04. The SMILES string of the molecule is CCCNC(=NCC1CCN(CC(F)(F)F)C1)NC1CC1.I. The molecule has 1 unspecified atom stereocenters. The van der Waals surface area contributed by atoms with E-state index < -0.39 is 12.7 Å². The highest BCUT2D eigenvalue weighted by molar-refractivity contribution is 14.0. The summed E-state index contributed by atoms with van der Waals surface area (Å²) in [6.07, 6.45) is 0.0724. The summed E-state index contributed by atoms with van der Waals surface area (Å²) in [7, 11) is 0. The maximum absolute atomic E-state index is 12.3. The number of nitrogens with one attached hydrogen (secondary N) is 2. The number of rotatable bonds is 6. The van der Waals surface area contributed by atoms with Crippen molar-refractivity contribution in [2.75, 3.05) is 32.7 Å². The second kappa shape index (κ2) is 9.14. The van der Waals surface area contributed by atoms with Crippen molar-refractivity contribution in [3.8, 4) is 0 Å². The molecule has 8 heteroatoms. The molecule has 1 aliphatic heterocycles. The molecule has 0 bridgehead atoms. The molecule has 0 radical (unpaired) electrons. The van der Waals surface area contributed by atoms with Crippen LogP contribution in [0.15, 0.2) is 4.99 Å². The Bertz CT molecular complexity index is 358. The van der Waals surface area contributed by atoms with Gasteiger partial charge in [-0.15, -0.1) is 24.0 Å². The number of aliphatic imine (C=N–C) groups is 1. The standard InChI is InChI=1S/C14H25F3N4.HI/c1-2-6-18-13(20-12-3-4-12)19-8-11-5-7-21(9-11)10-14(15,16)17;/h11-12H,2-10H2,1H3,(H2,18,19,20);1H. The van der Waals surface area contributed by atoms with Gasteiger partial charge in [0.05, 0.1) is 6.54 Å². The number of hydrogen-bond acceptors (Lipinski definition) is 2. The van der Waals surface area contributed by atoms with Gasteiger partial charge in [-0.25, -0.2) is 0 Å². The minimum atomic E-state index is -4.10. The van der Waals surface area contributed by atoms with Gasteiger partial charge < -0.3 is 10.6 Å². The van der Waals surface area contributed by atoms with Crippen LogP contribution in [0, 0.1) is 5.92 Å². The van der Waals surface area contributed by atoms with Crippen LogP contribution in [0.2, 0.25) is 0 Å². The van der Waals surface area contributed by atoms with Crippen LogP contribution in [0.5, 0.6) is 0 Å². The largest absolute Gasteiger partial charge is 0.401 e. The Morgan fingerprint density at radius 2 is 2.00 bits per heavy atom. The molecule has 130 valence electrons. The van der Waals surface area contributed by atoms with E-state index in [-0.39, 0.29) is 29.9 Å². The van der Waals surface area contributed by atoms with Gasteiger partial charge in [-0.1, -0.05) is 6.92 Å². The highest BCUT2D eigenvalue weighted by atomic mass is 127. The van der Waals surface area contributed by atoms with E-state index in [0.29, 0.717) is 25.7 Å². The zero-order chi connectivity index (χ0) is 15.3. The fourth-order valence-corrected chi connectivity index (χ4v) is 2.50. The summed E-state index contributed by atoms with van der Waals surface area (Å²) in [4.78, 5) is 6.02. The zero-order valence-corrected chi connectivity index (χ0v) is 15.3. The van der Waals surface area contributed by atoms with Gasteiger partial charge >= 0.3 is 6.18 Å². The van der Waals surface area contributed by atoms with Crippen molar-refractivity contribution < 1.29 is 13.2 Å². The van der Waals surface area contributed by atoms with Crippen molar-refractivity contribution >= 4 is 29.9 Å². The van der Waals surface area contributed by atoms with Crippen molar-refractivity contribution in [2.24, 2.45) is 10.9 Å². The van der Waals surface area contributed by atoms with Crippen LogP contribution in [0.25, 0.3) is 0 Å². The lowest BCUT2D eigenvalue weighted by molar-refractivity contribution is -0.143. The van der Waals surface area contributed by atoms with E-state index >= 15 is 0 Å². The average Bonchev–Trinajstić information content (AvgIpc) is 3.10. The predicted molar refractivity (Wildman–Crippen MR) is 92.8 cm³/mol. The third-order valence-corrected chi connectivity index (χ3v) is 3.74. The fraction of sp³-hybridized carbons (Fsp3) is 0.929. The van der Waals surface area contributed by atoms with Gasteiger partial charge in [0, 0.05) is 25.7 Å². The second-order valence-corrected chi connectivity index (χ2v) is 6.04. The van der Waals surface area contributed by atoms with Crippen LogP contribution in [-0.4, -0.2) is 55.8 Å². The Labute approximate surface area is 147 Å². The van der Waals surface area contributed by atoms with Crippen LogP contribution < -0.4 is 10.6 Å². The molecule has 0 aromatic rings. The Hall–Kier alpha value is -0.250. The molecule has 1 saturated heterocycles. The fourth-order valence-electron chi connectivity index (χ4n) is 2.50. The molecular weight excluding hydrogens is 408 g/mol. The van der Waals surface area contributed by atoms with E-state index in [9.17, 15) is 13.2 Å². The van der Waals surface area contributed by atoms with Crippen molar-refractivity contribution in [1.29, 1.82) is 0 Å². The molecule has 0 aromatic heterocycles. The van der Waals surface area contributed by atoms with Gasteiger partial charge in [-0.3, -0.25) is 9.89 Å². The smallest absolute Gasteiger partial charge is 0.356 e. The lowest BCUT2D eigenvalue weighted by atomic mass is 10.1. The van der Waals surface area contributed by atoms with E-state index in [1.165, 1.54) is 17.7 Å². The summed E-state index contributed by atoms with van der Waals surface area (Å²) in [6.45, 7) is 3.77. The second-order valence-electron chi connectivity index (χ2n) is 6.04. The number of alkyl halides is 3. The van der Waals surface area contributed by atoms with Crippen LogP contribution in [0.4, 0.5) is 13.2 Å². The molecule has 1 saturated carbocycles. The number of guanidine groups is 1. The number of halogens is 4. The Kier molecular flexibility index (Phi) is 8.23. The first kappa shape index (κ1) is 19.8. The molecule has 1 atom stereocenters. The summed E-state index contributed by atoms with van der Waals surface area (Å²) in [5.41, 5.74) is 0. The summed E-state index contributed by atoms with van der Waals surface area (Å²) in [5, 5.41) is 6.60. The molecule has 0 amide bonds. The molecule has 2 rings (SSSR count). The van der Waals surface area contributed by atoms with Crippen molar-refractivity contribution in [2.45, 2.75) is 44.8 Å². The van der Waals surface area contributed by atoms with Crippen LogP contribution >= 0.6 is 24.0 Å². The van der Waals surface area contributed by atoms with Gasteiger partial charge in [-0.05, 0) is 38.1 Å². The monoisotopic (exact) mass is 434 g/mol. The third-order valence-electron chi connectivity index (χ3n) is 3.74. The molecule has 2 fully saturated rings. The van der Waals surface area contributed by atoms with E-state index in [1.807, 2.05) is 0 Å². The van der Waals surface area contributed by atoms with Gasteiger partial charge in [0.15, 0.2) is 5.96 Å². The van der Waals surface area contributed by atoms with Crippen LogP contribution in [-0.2, 0) is 0 Å². The predicted octanol–water partition coefficient (Wildman–Crippen LogP) is 2.60. The van der Waals surface area contributed by atoms with Crippen molar-refractivity contribution in [3.05, 3.63) is 0 Å². The lowest BCUT2D eigenvalue weighted by Crippen LogP contribution is -2.39. The molecule has 1 aliphatic carbocycles. The van der Waals surface area contributed by atoms with Gasteiger partial charge in [0.2, 0.25) is 0 Å². The maximum Gasteiger partial charge on any atom is 0.401 e. The van der Waals surface area contributed by atoms with Gasteiger partial charge in [0.1, 0.15) is 0 Å². The molecule has 0 aromatic carbocycles. The summed E-state index contributed by atoms with van der Waals surface area (Å²) < 4.78 is 37.0. The molecule has 4 nitrogen and oxygen atoms in total. The topological polar surface area (TPSA) is 39.7 Å². The maximum atomic E-state index is 12.3. The van der Waals surface area contributed by atoms with E-state index in [4.69, 9.17) is 0 Å². The zero-order valence-electron chi connectivity index (χ0n) is 13.0. The van der Waals surface area contributed by atoms with Crippen LogP contribution in [0.1, 0.15) is 32.6 Å². The molecule has 1 heterocycles. The van der Waals surface area contributed by atoms with Crippen molar-refractivity contribution in [3.63, 3.8) is 0 Å². The Morgan fingerprint density at radius 1 is 1.27 bits per heavy atom. The minimum absolute atomic E-state index is 0.